The van der Waals surface area contributed by atoms with E-state index >= 15 is 0 Å². The second-order valence-electron chi connectivity index (χ2n) is 5.88. The smallest absolute Gasteiger partial charge is 0.258 e. The average molecular weight is 345 g/mol. The van der Waals surface area contributed by atoms with Gasteiger partial charge in [0.25, 0.3) is 5.91 Å². The minimum absolute atomic E-state index is 0.0694. The highest BCUT2D eigenvalue weighted by Crippen LogP contribution is 2.32. The molecule has 1 aliphatic carbocycles. The van der Waals surface area contributed by atoms with Crippen LogP contribution in [0.25, 0.3) is 11.1 Å². The van der Waals surface area contributed by atoms with Crippen molar-refractivity contribution in [1.82, 2.24) is 5.32 Å². The van der Waals surface area contributed by atoms with Gasteiger partial charge >= 0.3 is 0 Å². The van der Waals surface area contributed by atoms with E-state index in [-0.39, 0.29) is 18.3 Å². The zero-order valence-electron chi connectivity index (χ0n) is 14.2. The van der Waals surface area contributed by atoms with Crippen LogP contribution >= 0.6 is 0 Å². The minimum atomic E-state index is -0.450. The molecule has 1 amide bonds. The molecule has 6 heteroatoms. The molecule has 0 saturated heterocycles. The van der Waals surface area contributed by atoms with E-state index in [1.54, 1.807) is 30.3 Å². The zero-order chi connectivity index (χ0) is 17.8. The van der Waals surface area contributed by atoms with Crippen molar-refractivity contribution in [3.63, 3.8) is 0 Å². The number of amides is 1. The Balaban J connectivity index is 1.79. The maximum atomic E-state index is 14.0. The van der Waals surface area contributed by atoms with Crippen LogP contribution in [0.5, 0.6) is 17.2 Å². The van der Waals surface area contributed by atoms with Crippen molar-refractivity contribution in [1.29, 1.82) is 0 Å². The first-order valence-electron chi connectivity index (χ1n) is 8.04. The van der Waals surface area contributed by atoms with Crippen LogP contribution in [0.2, 0.25) is 0 Å². The molecule has 3 rings (SSSR count). The molecule has 0 atom stereocenters. The van der Waals surface area contributed by atoms with Gasteiger partial charge < -0.3 is 19.5 Å². The summed E-state index contributed by atoms with van der Waals surface area (Å²) in [6.07, 6.45) is 2.05. The van der Waals surface area contributed by atoms with Crippen LogP contribution in [-0.2, 0) is 4.79 Å². The Kier molecular flexibility index (Phi) is 5.07. The first-order valence-corrected chi connectivity index (χ1v) is 8.04. The van der Waals surface area contributed by atoms with Crippen LogP contribution in [0.15, 0.2) is 36.4 Å². The Morgan fingerprint density at radius 2 is 1.84 bits per heavy atom. The van der Waals surface area contributed by atoms with Gasteiger partial charge in [-0.1, -0.05) is 6.07 Å². The van der Waals surface area contributed by atoms with E-state index in [1.807, 2.05) is 0 Å². The predicted molar refractivity (Wildman–Crippen MR) is 91.6 cm³/mol. The first kappa shape index (κ1) is 17.1. The van der Waals surface area contributed by atoms with Crippen LogP contribution in [0.4, 0.5) is 4.39 Å². The van der Waals surface area contributed by atoms with Crippen LogP contribution in [0.1, 0.15) is 12.8 Å². The molecule has 0 aromatic heterocycles. The van der Waals surface area contributed by atoms with E-state index in [0.29, 0.717) is 23.1 Å². The SMILES string of the molecule is COc1cc(OCC(=O)NC2CC2)cc(-c2ccc(OC)c(F)c2)c1. The quantitative estimate of drug-likeness (QED) is 0.837. The number of benzene rings is 2. The van der Waals surface area contributed by atoms with E-state index in [1.165, 1.54) is 20.3 Å². The van der Waals surface area contributed by atoms with Gasteiger partial charge in [0.15, 0.2) is 18.2 Å². The Bertz CT molecular complexity index is 774. The second kappa shape index (κ2) is 7.42. The third-order valence-corrected chi connectivity index (χ3v) is 3.91. The van der Waals surface area contributed by atoms with Crippen LogP contribution in [0.3, 0.4) is 0 Å². The standard InChI is InChI=1S/C19H20FNO4/c1-23-15-7-13(12-3-6-18(24-2)17(20)9-12)8-16(10-15)25-11-19(22)21-14-4-5-14/h3,6-10,14H,4-5,11H2,1-2H3,(H,21,22). The Labute approximate surface area is 145 Å². The summed E-state index contributed by atoms with van der Waals surface area (Å²) in [7, 11) is 2.96. The van der Waals surface area contributed by atoms with Crippen molar-refractivity contribution < 1.29 is 23.4 Å². The molecule has 1 fully saturated rings. The third-order valence-electron chi connectivity index (χ3n) is 3.91. The van der Waals surface area contributed by atoms with E-state index in [4.69, 9.17) is 14.2 Å². The Morgan fingerprint density at radius 1 is 1.08 bits per heavy atom. The topological polar surface area (TPSA) is 56.8 Å². The molecular weight excluding hydrogens is 325 g/mol. The van der Waals surface area contributed by atoms with Gasteiger partial charge in [0.2, 0.25) is 0 Å². The molecule has 0 unspecified atom stereocenters. The van der Waals surface area contributed by atoms with Gasteiger partial charge in [0.1, 0.15) is 11.5 Å². The van der Waals surface area contributed by atoms with Crippen molar-refractivity contribution in [2.45, 2.75) is 18.9 Å². The number of hydrogen-bond donors (Lipinski definition) is 1. The summed E-state index contributed by atoms with van der Waals surface area (Å²) >= 11 is 0. The van der Waals surface area contributed by atoms with Gasteiger partial charge in [-0.15, -0.1) is 0 Å². The Morgan fingerprint density at radius 3 is 2.48 bits per heavy atom. The van der Waals surface area contributed by atoms with E-state index < -0.39 is 5.82 Å². The molecule has 0 bridgehead atoms. The van der Waals surface area contributed by atoms with Gasteiger partial charge in [-0.3, -0.25) is 4.79 Å². The van der Waals surface area contributed by atoms with Gasteiger partial charge in [-0.25, -0.2) is 4.39 Å². The van der Waals surface area contributed by atoms with Gasteiger partial charge in [-0.05, 0) is 48.2 Å². The lowest BCUT2D eigenvalue weighted by atomic mass is 10.0. The molecule has 0 radical (unpaired) electrons. The van der Waals surface area contributed by atoms with Gasteiger partial charge in [0, 0.05) is 12.1 Å². The number of carbonyl (C=O) groups excluding carboxylic acids is 1. The van der Waals surface area contributed by atoms with Crippen LogP contribution < -0.4 is 19.5 Å². The summed E-state index contributed by atoms with van der Waals surface area (Å²) in [5.41, 5.74) is 1.38. The summed E-state index contributed by atoms with van der Waals surface area (Å²) in [6, 6.07) is 10.2. The molecule has 132 valence electrons. The van der Waals surface area contributed by atoms with Crippen molar-refractivity contribution in [2.75, 3.05) is 20.8 Å². The fraction of sp³-hybridized carbons (Fsp3) is 0.316. The maximum absolute atomic E-state index is 14.0. The number of methoxy groups -OCH3 is 2. The first-order chi connectivity index (χ1) is 12.1. The molecule has 0 heterocycles. The Hall–Kier alpha value is -2.76. The summed E-state index contributed by atoms with van der Waals surface area (Å²) in [5, 5.41) is 2.86. The number of carbonyl (C=O) groups is 1. The molecule has 0 aliphatic heterocycles. The number of hydrogen-bond acceptors (Lipinski definition) is 4. The highest BCUT2D eigenvalue weighted by atomic mass is 19.1. The van der Waals surface area contributed by atoms with Gasteiger partial charge in [0.05, 0.1) is 14.2 Å². The monoisotopic (exact) mass is 345 g/mol. The number of ether oxygens (including phenoxy) is 3. The minimum Gasteiger partial charge on any atom is -0.497 e. The summed E-state index contributed by atoms with van der Waals surface area (Å²) in [4.78, 5) is 11.8. The molecule has 1 N–H and O–H groups in total. The van der Waals surface area contributed by atoms with Crippen LogP contribution in [-0.4, -0.2) is 32.8 Å². The molecule has 25 heavy (non-hydrogen) atoms. The van der Waals surface area contributed by atoms with Crippen LogP contribution in [0, 0.1) is 5.82 Å². The predicted octanol–water partition coefficient (Wildman–Crippen LogP) is 3.17. The van der Waals surface area contributed by atoms with E-state index in [9.17, 15) is 9.18 Å². The molecule has 1 saturated carbocycles. The number of nitrogens with one attached hydrogen (secondary N) is 1. The lowest BCUT2D eigenvalue weighted by molar-refractivity contribution is -0.123. The lowest BCUT2D eigenvalue weighted by Crippen LogP contribution is -2.30. The largest absolute Gasteiger partial charge is 0.497 e. The maximum Gasteiger partial charge on any atom is 0.258 e. The fourth-order valence-electron chi connectivity index (χ4n) is 2.43. The molecule has 2 aromatic carbocycles. The third kappa shape index (κ3) is 4.41. The second-order valence-corrected chi connectivity index (χ2v) is 5.88. The fourth-order valence-corrected chi connectivity index (χ4v) is 2.43. The normalized spacial score (nSPS) is 13.2. The highest BCUT2D eigenvalue weighted by molar-refractivity contribution is 5.78. The van der Waals surface area contributed by atoms with E-state index in [0.717, 1.165) is 18.4 Å². The summed E-state index contributed by atoms with van der Waals surface area (Å²) in [5.74, 6) is 0.624. The van der Waals surface area contributed by atoms with E-state index in [2.05, 4.69) is 5.32 Å². The molecule has 5 nitrogen and oxygen atoms in total. The number of halogens is 1. The van der Waals surface area contributed by atoms with Crippen molar-refractivity contribution in [2.24, 2.45) is 0 Å². The molecule has 1 aliphatic rings. The number of rotatable bonds is 7. The van der Waals surface area contributed by atoms with Gasteiger partial charge in [-0.2, -0.15) is 0 Å². The van der Waals surface area contributed by atoms with Crippen molar-refractivity contribution in [3.05, 3.63) is 42.2 Å². The summed E-state index contributed by atoms with van der Waals surface area (Å²) in [6.45, 7) is -0.0694. The molecule has 2 aromatic rings. The van der Waals surface area contributed by atoms with Crippen molar-refractivity contribution >= 4 is 5.91 Å². The summed E-state index contributed by atoms with van der Waals surface area (Å²) < 4.78 is 29.7. The molecular formula is C19H20FNO4. The highest BCUT2D eigenvalue weighted by Gasteiger charge is 2.23. The average Bonchev–Trinajstić information content (AvgIpc) is 3.43. The van der Waals surface area contributed by atoms with Crippen molar-refractivity contribution in [3.8, 4) is 28.4 Å². The lowest BCUT2D eigenvalue weighted by Gasteiger charge is -2.12. The zero-order valence-corrected chi connectivity index (χ0v) is 14.2. The molecule has 0 spiro atoms.